The molecule has 0 saturated heterocycles. The minimum Gasteiger partial charge on any atom is -0.480 e. The smallest absolute Gasteiger partial charge is 0.327 e. The molecule has 0 aliphatic heterocycles. The SMILES string of the molecule is O=C(O)Cn1nnc(-c2cc(-c3ccc(Oc4cc(F)ccc4Br)c(Cl)c3)no2)n1. The first-order chi connectivity index (χ1) is 14.4. The Balaban J connectivity index is 1.55. The summed E-state index contributed by atoms with van der Waals surface area (Å²) < 4.78 is 24.9. The van der Waals surface area contributed by atoms with Gasteiger partial charge in [0.15, 0.2) is 6.54 Å². The van der Waals surface area contributed by atoms with Gasteiger partial charge in [-0.25, -0.2) is 4.39 Å². The van der Waals surface area contributed by atoms with E-state index in [9.17, 15) is 9.18 Å². The fraction of sp³-hybridized carbons (Fsp3) is 0.0556. The summed E-state index contributed by atoms with van der Waals surface area (Å²) in [7, 11) is 0. The summed E-state index contributed by atoms with van der Waals surface area (Å²) in [6.07, 6.45) is 0. The van der Waals surface area contributed by atoms with Gasteiger partial charge in [-0.05, 0) is 51.5 Å². The number of hydrogen-bond donors (Lipinski definition) is 1. The number of hydrogen-bond acceptors (Lipinski definition) is 7. The lowest BCUT2D eigenvalue weighted by atomic mass is 10.1. The minimum absolute atomic E-state index is 0.0944. The van der Waals surface area contributed by atoms with E-state index in [4.69, 9.17) is 26.0 Å². The third-order valence-corrected chi connectivity index (χ3v) is 4.75. The monoisotopic (exact) mass is 493 g/mol. The molecule has 0 atom stereocenters. The standard InChI is InChI=1S/C18H10BrClFN5O4/c19-11-3-2-10(21)6-15(11)29-14-4-1-9(5-12(14)20)13-7-16(30-24-13)18-22-25-26(23-18)8-17(27)28/h1-7H,8H2,(H,27,28). The van der Waals surface area contributed by atoms with Gasteiger partial charge in [0.1, 0.15) is 23.0 Å². The van der Waals surface area contributed by atoms with E-state index in [0.717, 1.165) is 4.80 Å². The van der Waals surface area contributed by atoms with Gasteiger partial charge >= 0.3 is 5.97 Å². The molecule has 30 heavy (non-hydrogen) atoms. The number of carbonyl (C=O) groups is 1. The highest BCUT2D eigenvalue weighted by Crippen LogP contribution is 2.36. The minimum atomic E-state index is -1.10. The van der Waals surface area contributed by atoms with E-state index in [1.165, 1.54) is 18.2 Å². The van der Waals surface area contributed by atoms with Crippen molar-refractivity contribution in [3.05, 3.63) is 57.8 Å². The van der Waals surface area contributed by atoms with E-state index in [2.05, 4.69) is 36.5 Å². The summed E-state index contributed by atoms with van der Waals surface area (Å²) in [5, 5.41) is 24.3. The molecule has 2 aromatic heterocycles. The lowest BCUT2D eigenvalue weighted by molar-refractivity contribution is -0.138. The maximum atomic E-state index is 13.4. The molecule has 0 unspecified atom stereocenters. The zero-order chi connectivity index (χ0) is 21.3. The number of nitrogens with zero attached hydrogens (tertiary/aromatic N) is 5. The Hall–Kier alpha value is -3.31. The fourth-order valence-corrected chi connectivity index (χ4v) is 3.01. The van der Waals surface area contributed by atoms with Crippen molar-refractivity contribution in [2.75, 3.05) is 0 Å². The number of ether oxygens (including phenoxy) is 1. The topological polar surface area (TPSA) is 116 Å². The number of benzene rings is 2. The van der Waals surface area contributed by atoms with Crippen LogP contribution in [-0.2, 0) is 11.3 Å². The molecule has 0 aliphatic carbocycles. The van der Waals surface area contributed by atoms with Crippen LogP contribution in [-0.4, -0.2) is 36.4 Å². The molecule has 0 radical (unpaired) electrons. The molecule has 4 rings (SSSR count). The van der Waals surface area contributed by atoms with Crippen molar-refractivity contribution in [3.8, 4) is 34.3 Å². The Morgan fingerprint density at radius 3 is 2.83 bits per heavy atom. The third kappa shape index (κ3) is 4.31. The highest BCUT2D eigenvalue weighted by molar-refractivity contribution is 9.10. The van der Waals surface area contributed by atoms with Crippen LogP contribution in [0, 0.1) is 5.82 Å². The summed E-state index contributed by atoms with van der Waals surface area (Å²) in [6.45, 7) is -0.424. The second kappa shape index (κ2) is 8.20. The van der Waals surface area contributed by atoms with Crippen LogP contribution in [0.2, 0.25) is 5.02 Å². The van der Waals surface area contributed by atoms with Gasteiger partial charge in [-0.15, -0.1) is 10.2 Å². The first kappa shape index (κ1) is 20.0. The fourth-order valence-electron chi connectivity index (χ4n) is 2.46. The Bertz CT molecular complexity index is 1250. The van der Waals surface area contributed by atoms with E-state index >= 15 is 0 Å². The molecule has 4 aromatic rings. The van der Waals surface area contributed by atoms with Gasteiger partial charge in [-0.2, -0.15) is 4.80 Å². The normalized spacial score (nSPS) is 10.9. The first-order valence-corrected chi connectivity index (χ1v) is 9.45. The van der Waals surface area contributed by atoms with E-state index in [1.54, 1.807) is 24.3 Å². The average Bonchev–Trinajstić information content (AvgIpc) is 3.35. The van der Waals surface area contributed by atoms with Gasteiger partial charge in [-0.3, -0.25) is 4.79 Å². The van der Waals surface area contributed by atoms with Crippen molar-refractivity contribution in [3.63, 3.8) is 0 Å². The van der Waals surface area contributed by atoms with Crippen molar-refractivity contribution < 1.29 is 23.6 Å². The van der Waals surface area contributed by atoms with Crippen LogP contribution in [0.15, 0.2) is 51.5 Å². The predicted molar refractivity (Wildman–Crippen MR) is 106 cm³/mol. The Morgan fingerprint density at radius 2 is 2.07 bits per heavy atom. The highest BCUT2D eigenvalue weighted by atomic mass is 79.9. The Labute approximate surface area is 181 Å². The Kier molecular flexibility index (Phi) is 5.46. The largest absolute Gasteiger partial charge is 0.480 e. The van der Waals surface area contributed by atoms with Crippen LogP contribution >= 0.6 is 27.5 Å². The van der Waals surface area contributed by atoms with Crippen molar-refractivity contribution in [1.29, 1.82) is 0 Å². The summed E-state index contributed by atoms with van der Waals surface area (Å²) in [4.78, 5) is 11.6. The molecule has 0 bridgehead atoms. The zero-order valence-corrected chi connectivity index (χ0v) is 17.1. The average molecular weight is 495 g/mol. The summed E-state index contributed by atoms with van der Waals surface area (Å²) in [5.41, 5.74) is 1.07. The Morgan fingerprint density at radius 1 is 1.23 bits per heavy atom. The molecule has 0 saturated carbocycles. The number of aromatic nitrogens is 5. The molecule has 1 N–H and O–H groups in total. The lowest BCUT2D eigenvalue weighted by Crippen LogP contribution is -2.11. The van der Waals surface area contributed by atoms with Gasteiger partial charge < -0.3 is 14.4 Å². The molecule has 2 aromatic carbocycles. The number of rotatable bonds is 6. The van der Waals surface area contributed by atoms with Crippen molar-refractivity contribution in [2.45, 2.75) is 6.54 Å². The first-order valence-electron chi connectivity index (χ1n) is 8.28. The van der Waals surface area contributed by atoms with Crippen LogP contribution in [0.3, 0.4) is 0 Å². The summed E-state index contributed by atoms with van der Waals surface area (Å²) >= 11 is 9.61. The second-order valence-electron chi connectivity index (χ2n) is 5.94. The molecule has 0 fully saturated rings. The molecular weight excluding hydrogens is 485 g/mol. The molecule has 0 amide bonds. The number of carboxylic acid groups (broad SMARTS) is 1. The van der Waals surface area contributed by atoms with Crippen LogP contribution < -0.4 is 4.74 Å². The van der Waals surface area contributed by atoms with Crippen LogP contribution in [0.5, 0.6) is 11.5 Å². The van der Waals surface area contributed by atoms with Crippen molar-refractivity contribution in [1.82, 2.24) is 25.4 Å². The zero-order valence-electron chi connectivity index (χ0n) is 14.8. The number of tetrazole rings is 1. The van der Waals surface area contributed by atoms with Crippen LogP contribution in [0.1, 0.15) is 0 Å². The number of halogens is 3. The molecular formula is C18H10BrClFN5O4. The van der Waals surface area contributed by atoms with Gasteiger partial charge in [-0.1, -0.05) is 16.8 Å². The van der Waals surface area contributed by atoms with E-state index in [-0.39, 0.29) is 22.4 Å². The van der Waals surface area contributed by atoms with Gasteiger partial charge in [0.05, 0.1) is 9.50 Å². The van der Waals surface area contributed by atoms with Crippen molar-refractivity contribution in [2.24, 2.45) is 0 Å². The predicted octanol–water partition coefficient (Wildman–Crippen LogP) is 4.43. The van der Waals surface area contributed by atoms with Gasteiger partial charge in [0.2, 0.25) is 11.6 Å². The summed E-state index contributed by atoms with van der Waals surface area (Å²) in [6, 6.07) is 10.6. The molecule has 2 heterocycles. The van der Waals surface area contributed by atoms with Crippen LogP contribution in [0.25, 0.3) is 22.8 Å². The highest BCUT2D eigenvalue weighted by Gasteiger charge is 2.16. The van der Waals surface area contributed by atoms with E-state index < -0.39 is 18.3 Å². The maximum absolute atomic E-state index is 13.4. The third-order valence-electron chi connectivity index (χ3n) is 3.80. The quantitative estimate of drug-likeness (QED) is 0.418. The number of aliphatic carboxylic acids is 1. The van der Waals surface area contributed by atoms with Gasteiger partial charge in [0.25, 0.3) is 0 Å². The van der Waals surface area contributed by atoms with Crippen LogP contribution in [0.4, 0.5) is 4.39 Å². The molecule has 0 aliphatic rings. The lowest BCUT2D eigenvalue weighted by Gasteiger charge is -2.10. The molecule has 12 heteroatoms. The molecule has 0 spiro atoms. The molecule has 152 valence electrons. The number of carboxylic acids is 1. The maximum Gasteiger partial charge on any atom is 0.327 e. The second-order valence-corrected chi connectivity index (χ2v) is 7.20. The van der Waals surface area contributed by atoms with Crippen molar-refractivity contribution >= 4 is 33.5 Å². The van der Waals surface area contributed by atoms with E-state index in [0.29, 0.717) is 21.5 Å². The molecule has 9 nitrogen and oxygen atoms in total. The van der Waals surface area contributed by atoms with E-state index in [1.807, 2.05) is 0 Å². The van der Waals surface area contributed by atoms with Gasteiger partial charge in [0, 0.05) is 17.7 Å². The summed E-state index contributed by atoms with van der Waals surface area (Å²) in [5.74, 6) is -0.624.